The summed E-state index contributed by atoms with van der Waals surface area (Å²) in [5.41, 5.74) is -0.0546. The molecule has 6 heteroatoms. The number of nitriles is 1. The highest BCUT2D eigenvalue weighted by molar-refractivity contribution is 6.30. The van der Waals surface area contributed by atoms with Gasteiger partial charge in [-0.05, 0) is 39.0 Å². The topological polar surface area (TPSA) is 63.7 Å². The molecule has 0 aliphatic carbocycles. The number of rotatable bonds is 2. The van der Waals surface area contributed by atoms with Gasteiger partial charge in [0.25, 0.3) is 5.88 Å². The van der Waals surface area contributed by atoms with Crippen LogP contribution in [0, 0.1) is 11.3 Å². The molecule has 1 heterocycles. The van der Waals surface area contributed by atoms with Crippen molar-refractivity contribution in [2.24, 2.45) is 0 Å². The molecule has 0 aliphatic rings. The molecule has 98 valence electrons. The van der Waals surface area contributed by atoms with Crippen molar-refractivity contribution in [1.29, 1.82) is 5.26 Å². The van der Waals surface area contributed by atoms with Crippen LogP contribution >= 0.6 is 11.6 Å². The van der Waals surface area contributed by atoms with Gasteiger partial charge in [0.15, 0.2) is 0 Å². The molecular weight excluding hydrogens is 264 g/mol. The van der Waals surface area contributed by atoms with Crippen molar-refractivity contribution >= 4 is 11.6 Å². The Labute approximate surface area is 116 Å². The number of nitrogens with zero attached hydrogens (tertiary/aromatic N) is 4. The van der Waals surface area contributed by atoms with E-state index in [0.717, 1.165) is 0 Å². The zero-order valence-electron chi connectivity index (χ0n) is 10.9. The van der Waals surface area contributed by atoms with Crippen LogP contribution in [-0.2, 0) is 5.54 Å². The van der Waals surface area contributed by atoms with Gasteiger partial charge in [0.05, 0.1) is 5.54 Å². The predicted molar refractivity (Wildman–Crippen MR) is 71.3 cm³/mol. The first-order chi connectivity index (χ1) is 8.91. The summed E-state index contributed by atoms with van der Waals surface area (Å²) in [4.78, 5) is 0. The second-order valence-corrected chi connectivity index (χ2v) is 5.43. The maximum atomic E-state index is 9.23. The first-order valence-electron chi connectivity index (χ1n) is 5.71. The van der Waals surface area contributed by atoms with Gasteiger partial charge in [-0.1, -0.05) is 28.0 Å². The number of hydrogen-bond donors (Lipinski definition) is 0. The Morgan fingerprint density at radius 3 is 2.68 bits per heavy atom. The molecule has 1 aromatic heterocycles. The highest BCUT2D eigenvalue weighted by Gasteiger charge is 2.23. The van der Waals surface area contributed by atoms with Crippen molar-refractivity contribution in [3.05, 3.63) is 35.0 Å². The summed E-state index contributed by atoms with van der Waals surface area (Å²) in [6.45, 7) is 5.81. The van der Waals surface area contributed by atoms with Crippen molar-refractivity contribution in [1.82, 2.24) is 15.0 Å². The maximum absolute atomic E-state index is 9.23. The minimum atomic E-state index is -0.339. The van der Waals surface area contributed by atoms with Crippen LogP contribution in [-0.4, -0.2) is 15.0 Å². The second-order valence-electron chi connectivity index (χ2n) is 5.00. The largest absolute Gasteiger partial charge is 0.435 e. The normalized spacial score (nSPS) is 11.1. The Morgan fingerprint density at radius 1 is 1.37 bits per heavy atom. The fourth-order valence-electron chi connectivity index (χ4n) is 1.54. The lowest BCUT2D eigenvalue weighted by molar-refractivity contribution is 0.343. The van der Waals surface area contributed by atoms with Crippen LogP contribution < -0.4 is 4.74 Å². The Kier molecular flexibility index (Phi) is 3.45. The molecule has 0 saturated carbocycles. The molecule has 0 N–H and O–H groups in total. The third-order valence-electron chi connectivity index (χ3n) is 2.39. The molecule has 0 unspecified atom stereocenters. The monoisotopic (exact) mass is 276 g/mol. The van der Waals surface area contributed by atoms with E-state index >= 15 is 0 Å². The van der Waals surface area contributed by atoms with E-state index in [2.05, 4.69) is 16.4 Å². The van der Waals surface area contributed by atoms with E-state index < -0.39 is 0 Å². The van der Waals surface area contributed by atoms with E-state index in [9.17, 15) is 5.26 Å². The van der Waals surface area contributed by atoms with E-state index in [1.807, 2.05) is 20.8 Å². The van der Waals surface area contributed by atoms with Gasteiger partial charge in [-0.15, -0.1) is 0 Å². The van der Waals surface area contributed by atoms with E-state index in [-0.39, 0.29) is 17.1 Å². The quantitative estimate of drug-likeness (QED) is 0.844. The summed E-state index contributed by atoms with van der Waals surface area (Å²) >= 11 is 5.88. The average Bonchev–Trinajstić information content (AvgIpc) is 2.71. The molecule has 19 heavy (non-hydrogen) atoms. The second kappa shape index (κ2) is 4.90. The van der Waals surface area contributed by atoms with Crippen molar-refractivity contribution in [3.63, 3.8) is 0 Å². The predicted octanol–water partition coefficient (Wildman–Crippen LogP) is 3.35. The molecule has 2 rings (SSSR count). The Hall–Kier alpha value is -2.06. The number of halogens is 1. The maximum Gasteiger partial charge on any atom is 0.277 e. The van der Waals surface area contributed by atoms with Crippen molar-refractivity contribution in [2.75, 3.05) is 0 Å². The van der Waals surface area contributed by atoms with Crippen molar-refractivity contribution < 1.29 is 4.74 Å². The van der Waals surface area contributed by atoms with Crippen LogP contribution in [0.4, 0.5) is 0 Å². The Bertz CT molecular complexity index is 637. The Balaban J connectivity index is 2.37. The lowest BCUT2D eigenvalue weighted by Gasteiger charge is -2.18. The SMILES string of the molecule is CC(C)(C)n1nnc(Oc2cccc(Cl)c2)c1C#N. The molecule has 2 aromatic rings. The average molecular weight is 277 g/mol. The number of benzene rings is 1. The van der Waals surface area contributed by atoms with Crippen LogP contribution in [0.1, 0.15) is 26.5 Å². The minimum absolute atomic E-state index is 0.180. The number of aromatic nitrogens is 3. The van der Waals surface area contributed by atoms with Crippen LogP contribution in [0.15, 0.2) is 24.3 Å². The molecule has 0 saturated heterocycles. The van der Waals surface area contributed by atoms with Gasteiger partial charge in [-0.2, -0.15) is 5.26 Å². The zero-order valence-corrected chi connectivity index (χ0v) is 11.6. The molecule has 0 fully saturated rings. The van der Waals surface area contributed by atoms with E-state index in [1.165, 1.54) is 4.68 Å². The highest BCUT2D eigenvalue weighted by Crippen LogP contribution is 2.27. The summed E-state index contributed by atoms with van der Waals surface area (Å²) in [5, 5.41) is 17.6. The summed E-state index contributed by atoms with van der Waals surface area (Å²) in [6, 6.07) is 8.96. The van der Waals surface area contributed by atoms with Gasteiger partial charge in [-0.25, -0.2) is 4.68 Å². The van der Waals surface area contributed by atoms with Gasteiger partial charge in [0.2, 0.25) is 5.69 Å². The zero-order chi connectivity index (χ0) is 14.0. The summed E-state index contributed by atoms with van der Waals surface area (Å²) in [6.07, 6.45) is 0. The van der Waals surface area contributed by atoms with Crippen LogP contribution in [0.5, 0.6) is 11.6 Å². The lowest BCUT2D eigenvalue weighted by atomic mass is 10.1. The first kappa shape index (κ1) is 13.4. The summed E-state index contributed by atoms with van der Waals surface area (Å²) < 4.78 is 7.09. The molecule has 0 bridgehead atoms. The number of hydrogen-bond acceptors (Lipinski definition) is 4. The van der Waals surface area contributed by atoms with Crippen LogP contribution in [0.2, 0.25) is 5.02 Å². The third kappa shape index (κ3) is 2.85. The van der Waals surface area contributed by atoms with Crippen molar-refractivity contribution in [2.45, 2.75) is 26.3 Å². The first-order valence-corrected chi connectivity index (χ1v) is 6.09. The molecular formula is C13H13ClN4O. The fourth-order valence-corrected chi connectivity index (χ4v) is 1.72. The van der Waals surface area contributed by atoms with Gasteiger partial charge in [0.1, 0.15) is 11.8 Å². The molecule has 5 nitrogen and oxygen atoms in total. The van der Waals surface area contributed by atoms with Crippen LogP contribution in [0.25, 0.3) is 0 Å². The molecule has 0 atom stereocenters. The van der Waals surface area contributed by atoms with E-state index in [1.54, 1.807) is 24.3 Å². The number of ether oxygens (including phenoxy) is 1. The minimum Gasteiger partial charge on any atom is -0.435 e. The smallest absolute Gasteiger partial charge is 0.277 e. The van der Waals surface area contributed by atoms with E-state index in [4.69, 9.17) is 16.3 Å². The highest BCUT2D eigenvalue weighted by atomic mass is 35.5. The van der Waals surface area contributed by atoms with Gasteiger partial charge in [-0.3, -0.25) is 0 Å². The molecule has 0 aliphatic heterocycles. The third-order valence-corrected chi connectivity index (χ3v) is 2.63. The van der Waals surface area contributed by atoms with Gasteiger partial charge >= 0.3 is 0 Å². The molecule has 1 aromatic carbocycles. The van der Waals surface area contributed by atoms with E-state index in [0.29, 0.717) is 10.8 Å². The standard InChI is InChI=1S/C13H13ClN4O/c1-13(2,3)18-11(8-15)12(16-17-18)19-10-6-4-5-9(14)7-10/h4-7H,1-3H3. The fraction of sp³-hybridized carbons (Fsp3) is 0.308. The molecule has 0 spiro atoms. The Morgan fingerprint density at radius 2 is 2.11 bits per heavy atom. The van der Waals surface area contributed by atoms with Crippen LogP contribution in [0.3, 0.4) is 0 Å². The van der Waals surface area contributed by atoms with Gasteiger partial charge < -0.3 is 4.74 Å². The molecule has 0 radical (unpaired) electrons. The van der Waals surface area contributed by atoms with Crippen molar-refractivity contribution in [3.8, 4) is 17.7 Å². The lowest BCUT2D eigenvalue weighted by Crippen LogP contribution is -2.24. The molecule has 0 amide bonds. The summed E-state index contributed by atoms with van der Waals surface area (Å²) in [7, 11) is 0. The van der Waals surface area contributed by atoms with Gasteiger partial charge in [0, 0.05) is 5.02 Å². The summed E-state index contributed by atoms with van der Waals surface area (Å²) in [5.74, 6) is 0.699.